The second-order valence-electron chi connectivity index (χ2n) is 9.53. The number of pyridine rings is 1. The van der Waals surface area contributed by atoms with E-state index in [9.17, 15) is 0 Å². The minimum absolute atomic E-state index is 0.112. The van der Waals surface area contributed by atoms with Crippen LogP contribution in [0, 0.1) is 5.92 Å². The number of nitrogens with zero attached hydrogens (tertiary/aromatic N) is 1. The third-order valence-corrected chi connectivity index (χ3v) is 9.25. The Kier molecular flexibility index (Phi) is 5.43. The van der Waals surface area contributed by atoms with E-state index in [4.69, 9.17) is 6.35 Å². The molecular weight excluding hydrogens is 363 g/mol. The maximum atomic E-state index is 9.05. The first-order valence-electron chi connectivity index (χ1n) is 9.86. The van der Waals surface area contributed by atoms with Gasteiger partial charge < -0.3 is 0 Å². The summed E-state index contributed by atoms with van der Waals surface area (Å²) < 4.78 is 10.4. The molecule has 2 aromatic rings. The van der Waals surface area contributed by atoms with Gasteiger partial charge in [-0.05, 0) is 0 Å². The molecule has 1 heterocycles. The van der Waals surface area contributed by atoms with Crippen LogP contribution in [0.1, 0.15) is 59.9 Å². The first-order chi connectivity index (χ1) is 11.7. The summed E-state index contributed by atoms with van der Waals surface area (Å²) in [6.45, 7) is 13.1. The van der Waals surface area contributed by atoms with E-state index in [2.05, 4.69) is 95.3 Å². The third kappa shape index (κ3) is 4.75. The van der Waals surface area contributed by atoms with Crippen LogP contribution < -0.4 is 4.40 Å². The van der Waals surface area contributed by atoms with Gasteiger partial charge in [0.15, 0.2) is 0 Å². The number of hydrogen-bond donors (Lipinski definition) is 0. The van der Waals surface area contributed by atoms with Gasteiger partial charge in [0.25, 0.3) is 0 Å². The van der Waals surface area contributed by atoms with E-state index in [1.807, 2.05) is 0 Å². The molecule has 1 aromatic heterocycles. The SMILES string of the molecule is [2H]C(C)(c1cc(-c2cccc(C(C)(C)C)c2)nc[c]1[Ge]([CH3])([CH3])[CH3])C(C)C. The molecule has 1 atom stereocenters. The molecule has 0 aliphatic carbocycles. The summed E-state index contributed by atoms with van der Waals surface area (Å²) in [4.78, 5) is 4.84. The standard InChI is InChI=1S/C23H35GeN/c1-16(2)17(3)20-14-22(25-15-21(20)24(7,8)9)18-11-10-12-19(13-18)23(4,5)6/h10-17H,1-9H3/i17D. The van der Waals surface area contributed by atoms with Crippen molar-refractivity contribution in [3.8, 4) is 11.3 Å². The fourth-order valence-corrected chi connectivity index (χ4v) is 6.20. The second kappa shape index (κ2) is 7.27. The van der Waals surface area contributed by atoms with Crippen molar-refractivity contribution in [1.82, 2.24) is 4.98 Å². The predicted octanol–water partition coefficient (Wildman–Crippen LogP) is 6.35. The molecule has 0 bridgehead atoms. The van der Waals surface area contributed by atoms with E-state index >= 15 is 0 Å². The van der Waals surface area contributed by atoms with Gasteiger partial charge in [0.2, 0.25) is 0 Å². The predicted molar refractivity (Wildman–Crippen MR) is 115 cm³/mol. The van der Waals surface area contributed by atoms with Crippen molar-refractivity contribution >= 4 is 17.7 Å². The first kappa shape index (κ1) is 18.7. The van der Waals surface area contributed by atoms with E-state index in [1.54, 1.807) is 0 Å². The Morgan fingerprint density at radius 3 is 2.20 bits per heavy atom. The van der Waals surface area contributed by atoms with E-state index in [0.717, 1.165) is 11.3 Å². The molecule has 0 saturated carbocycles. The van der Waals surface area contributed by atoms with Crippen molar-refractivity contribution in [2.75, 3.05) is 0 Å². The maximum absolute atomic E-state index is 9.05. The average molecular weight is 399 g/mol. The summed E-state index contributed by atoms with van der Waals surface area (Å²) in [7, 11) is 0. The van der Waals surface area contributed by atoms with Crippen LogP contribution in [0.25, 0.3) is 11.3 Å². The van der Waals surface area contributed by atoms with Crippen molar-refractivity contribution in [2.45, 2.75) is 70.1 Å². The topological polar surface area (TPSA) is 12.9 Å². The van der Waals surface area contributed by atoms with E-state index in [-0.39, 0.29) is 11.3 Å². The molecule has 25 heavy (non-hydrogen) atoms. The summed E-state index contributed by atoms with van der Waals surface area (Å²) in [5, 5.41) is 0. The quantitative estimate of drug-likeness (QED) is 0.546. The number of hydrogen-bond acceptors (Lipinski definition) is 1. The van der Waals surface area contributed by atoms with Crippen LogP contribution in [0.3, 0.4) is 0 Å². The second-order valence-corrected chi connectivity index (χ2v) is 20.1. The van der Waals surface area contributed by atoms with Crippen molar-refractivity contribution in [3.05, 3.63) is 47.7 Å². The van der Waals surface area contributed by atoms with Gasteiger partial charge in [0.05, 0.1) is 0 Å². The fourth-order valence-electron chi connectivity index (χ4n) is 2.99. The molecule has 0 amide bonds. The van der Waals surface area contributed by atoms with Gasteiger partial charge in [-0.15, -0.1) is 0 Å². The Morgan fingerprint density at radius 1 is 1.04 bits per heavy atom. The van der Waals surface area contributed by atoms with E-state index < -0.39 is 19.2 Å². The van der Waals surface area contributed by atoms with Crippen LogP contribution >= 0.6 is 0 Å². The van der Waals surface area contributed by atoms with Gasteiger partial charge in [-0.2, -0.15) is 0 Å². The summed E-state index contributed by atoms with van der Waals surface area (Å²) in [6.07, 6.45) is 2.07. The van der Waals surface area contributed by atoms with Gasteiger partial charge in [-0.25, -0.2) is 0 Å². The van der Waals surface area contributed by atoms with Gasteiger partial charge in [0.1, 0.15) is 0 Å². The minimum atomic E-state index is -2.12. The van der Waals surface area contributed by atoms with Gasteiger partial charge >= 0.3 is 159 Å². The average Bonchev–Trinajstić information content (AvgIpc) is 2.52. The summed E-state index contributed by atoms with van der Waals surface area (Å²) in [5.74, 6) is 6.81. The normalized spacial score (nSPS) is 15.8. The van der Waals surface area contributed by atoms with Crippen molar-refractivity contribution < 1.29 is 1.37 Å². The molecular formula is C23H35GeN. The van der Waals surface area contributed by atoms with Gasteiger partial charge in [-0.1, -0.05) is 0 Å². The molecule has 1 aromatic carbocycles. The molecule has 0 spiro atoms. The molecule has 2 heteroatoms. The van der Waals surface area contributed by atoms with Crippen LogP contribution in [0.15, 0.2) is 36.5 Å². The van der Waals surface area contributed by atoms with Gasteiger partial charge in [0, 0.05) is 0 Å². The number of benzene rings is 1. The number of rotatable bonds is 4. The summed E-state index contributed by atoms with van der Waals surface area (Å²) in [6, 6.07) is 10.9. The number of aromatic nitrogens is 1. The van der Waals surface area contributed by atoms with Crippen molar-refractivity contribution in [3.63, 3.8) is 0 Å². The first-order valence-corrected chi connectivity index (χ1v) is 16.7. The molecule has 0 saturated heterocycles. The van der Waals surface area contributed by atoms with Crippen LogP contribution in [0.5, 0.6) is 0 Å². The Balaban J connectivity index is 2.67. The summed E-state index contributed by atoms with van der Waals surface area (Å²) >= 11 is -2.12. The fraction of sp³-hybridized carbons (Fsp3) is 0.522. The Hall–Kier alpha value is -1.09. The van der Waals surface area contributed by atoms with E-state index in [0.29, 0.717) is 0 Å². The van der Waals surface area contributed by atoms with Crippen LogP contribution in [-0.4, -0.2) is 18.3 Å². The van der Waals surface area contributed by atoms with Crippen molar-refractivity contribution in [2.24, 2.45) is 5.92 Å². The Bertz CT molecular complexity index is 780. The molecule has 2 rings (SSSR count). The van der Waals surface area contributed by atoms with Crippen LogP contribution in [-0.2, 0) is 5.41 Å². The molecule has 1 unspecified atom stereocenters. The third-order valence-electron chi connectivity index (χ3n) is 5.03. The molecule has 0 aliphatic rings. The van der Waals surface area contributed by atoms with Crippen LogP contribution in [0.4, 0.5) is 0 Å². The van der Waals surface area contributed by atoms with Crippen LogP contribution in [0.2, 0.25) is 17.3 Å². The summed E-state index contributed by atoms with van der Waals surface area (Å²) in [5.41, 5.74) is 4.73. The van der Waals surface area contributed by atoms with E-state index in [1.165, 1.54) is 15.5 Å². The van der Waals surface area contributed by atoms with Crippen molar-refractivity contribution in [1.29, 1.82) is 0 Å². The molecule has 0 fully saturated rings. The van der Waals surface area contributed by atoms with Gasteiger partial charge in [-0.3, -0.25) is 0 Å². The Morgan fingerprint density at radius 2 is 1.68 bits per heavy atom. The molecule has 136 valence electrons. The Labute approximate surface area is 159 Å². The molecule has 0 N–H and O–H groups in total. The zero-order chi connectivity index (χ0) is 19.9. The molecule has 0 aliphatic heterocycles. The zero-order valence-electron chi connectivity index (χ0n) is 18.5. The monoisotopic (exact) mass is 400 g/mol. The zero-order valence-corrected chi connectivity index (χ0v) is 19.6. The molecule has 0 radical (unpaired) electrons. The molecule has 1 nitrogen and oxygen atoms in total.